The number of aromatic nitrogens is 3. The summed E-state index contributed by atoms with van der Waals surface area (Å²) >= 11 is 0. The molecule has 46 heavy (non-hydrogen) atoms. The predicted molar refractivity (Wildman–Crippen MR) is 192 cm³/mol. The van der Waals surface area contributed by atoms with Crippen molar-refractivity contribution in [3.05, 3.63) is 164 Å². The Morgan fingerprint density at radius 3 is 1.43 bits per heavy atom. The van der Waals surface area contributed by atoms with Crippen LogP contribution >= 0.6 is 0 Å². The van der Waals surface area contributed by atoms with Crippen molar-refractivity contribution in [2.24, 2.45) is 0 Å². The van der Waals surface area contributed by atoms with Crippen molar-refractivity contribution >= 4 is 43.1 Å². The van der Waals surface area contributed by atoms with Crippen molar-refractivity contribution in [1.29, 1.82) is 0 Å². The molecular weight excluding hydrogens is 558 g/mol. The second-order valence-corrected chi connectivity index (χ2v) is 11.6. The zero-order valence-corrected chi connectivity index (χ0v) is 24.9. The molecular formula is C43H27N3. The molecule has 9 rings (SSSR count). The van der Waals surface area contributed by atoms with Crippen molar-refractivity contribution in [2.75, 3.05) is 0 Å². The monoisotopic (exact) mass is 585 g/mol. The highest BCUT2D eigenvalue weighted by molar-refractivity contribution is 6.32. The molecule has 2 aromatic heterocycles. The molecule has 0 spiro atoms. The summed E-state index contributed by atoms with van der Waals surface area (Å²) < 4.78 is 0. The van der Waals surface area contributed by atoms with Crippen molar-refractivity contribution in [3.8, 4) is 45.0 Å². The van der Waals surface area contributed by atoms with Crippen molar-refractivity contribution < 1.29 is 0 Å². The van der Waals surface area contributed by atoms with Crippen LogP contribution in [0.4, 0.5) is 0 Å². The van der Waals surface area contributed by atoms with E-state index in [-0.39, 0.29) is 0 Å². The molecule has 0 aliphatic heterocycles. The molecule has 3 heteroatoms. The second kappa shape index (κ2) is 10.8. The second-order valence-electron chi connectivity index (χ2n) is 11.6. The van der Waals surface area contributed by atoms with E-state index >= 15 is 0 Å². The number of hydrogen-bond donors (Lipinski definition) is 0. The molecule has 7 aromatic carbocycles. The maximum Gasteiger partial charge on any atom is 0.161 e. The molecule has 214 valence electrons. The van der Waals surface area contributed by atoms with Crippen LogP contribution in [0.3, 0.4) is 0 Å². The van der Waals surface area contributed by atoms with Crippen molar-refractivity contribution in [2.45, 2.75) is 0 Å². The minimum absolute atomic E-state index is 0.713. The van der Waals surface area contributed by atoms with Crippen LogP contribution in [-0.4, -0.2) is 15.0 Å². The number of fused-ring (bicyclic) bond motifs is 8. The quantitative estimate of drug-likeness (QED) is 0.193. The largest absolute Gasteiger partial charge is 0.265 e. The third-order valence-corrected chi connectivity index (χ3v) is 8.98. The Kier molecular flexibility index (Phi) is 6.14. The number of hydrogen-bond acceptors (Lipinski definition) is 3. The van der Waals surface area contributed by atoms with Gasteiger partial charge >= 0.3 is 0 Å². The van der Waals surface area contributed by atoms with Crippen LogP contribution in [-0.2, 0) is 0 Å². The van der Waals surface area contributed by atoms with E-state index in [1.165, 1.54) is 37.7 Å². The average molecular weight is 586 g/mol. The van der Waals surface area contributed by atoms with Crippen LogP contribution in [0.25, 0.3) is 88.1 Å². The predicted octanol–water partition coefficient (Wildman–Crippen LogP) is 11.2. The molecule has 0 radical (unpaired) electrons. The van der Waals surface area contributed by atoms with E-state index in [0.29, 0.717) is 5.82 Å². The van der Waals surface area contributed by atoms with E-state index in [1.54, 1.807) is 0 Å². The minimum atomic E-state index is 0.713. The fraction of sp³-hybridized carbons (Fsp3) is 0. The molecule has 2 heterocycles. The fourth-order valence-electron chi connectivity index (χ4n) is 6.80. The number of benzene rings is 7. The zero-order chi connectivity index (χ0) is 30.5. The first-order chi connectivity index (χ1) is 22.8. The van der Waals surface area contributed by atoms with E-state index < -0.39 is 0 Å². The van der Waals surface area contributed by atoms with Gasteiger partial charge in [-0.05, 0) is 78.5 Å². The summed E-state index contributed by atoms with van der Waals surface area (Å²) in [6, 6.07) is 53.6. The first-order valence-electron chi connectivity index (χ1n) is 15.5. The first kappa shape index (κ1) is 26.2. The van der Waals surface area contributed by atoms with Crippen LogP contribution in [0.15, 0.2) is 164 Å². The van der Waals surface area contributed by atoms with E-state index in [2.05, 4.69) is 138 Å². The Balaban J connectivity index is 1.33. The summed E-state index contributed by atoms with van der Waals surface area (Å²) in [5, 5.41) is 9.82. The molecule has 0 saturated heterocycles. The molecule has 0 amide bonds. The maximum atomic E-state index is 5.28. The zero-order valence-electron chi connectivity index (χ0n) is 24.9. The molecule has 0 unspecified atom stereocenters. The lowest BCUT2D eigenvalue weighted by molar-refractivity contribution is 1.19. The minimum Gasteiger partial charge on any atom is -0.265 e. The molecule has 0 N–H and O–H groups in total. The van der Waals surface area contributed by atoms with Gasteiger partial charge in [-0.1, -0.05) is 127 Å². The molecule has 0 aliphatic carbocycles. The van der Waals surface area contributed by atoms with Crippen molar-refractivity contribution in [1.82, 2.24) is 15.0 Å². The van der Waals surface area contributed by atoms with Gasteiger partial charge in [0, 0.05) is 29.1 Å². The molecule has 0 saturated carbocycles. The lowest BCUT2D eigenvalue weighted by Gasteiger charge is -2.16. The highest BCUT2D eigenvalue weighted by Crippen LogP contribution is 2.42. The molecule has 0 aliphatic rings. The highest BCUT2D eigenvalue weighted by atomic mass is 14.9. The smallest absolute Gasteiger partial charge is 0.161 e. The van der Waals surface area contributed by atoms with Gasteiger partial charge in [-0.15, -0.1) is 0 Å². The Hall–Kier alpha value is -6.19. The van der Waals surface area contributed by atoms with Gasteiger partial charge in [0.05, 0.1) is 11.4 Å². The molecule has 3 nitrogen and oxygen atoms in total. The summed E-state index contributed by atoms with van der Waals surface area (Å²) in [5.41, 5.74) is 7.18. The summed E-state index contributed by atoms with van der Waals surface area (Å²) in [5.74, 6) is 0.713. The van der Waals surface area contributed by atoms with Crippen LogP contribution in [0.1, 0.15) is 0 Å². The number of pyridine rings is 1. The Morgan fingerprint density at radius 2 is 0.783 bits per heavy atom. The van der Waals surface area contributed by atoms with Gasteiger partial charge in [-0.2, -0.15) is 0 Å². The molecule has 0 fully saturated rings. The van der Waals surface area contributed by atoms with Crippen LogP contribution in [0.5, 0.6) is 0 Å². The third kappa shape index (κ3) is 4.33. The summed E-state index contributed by atoms with van der Waals surface area (Å²) in [4.78, 5) is 14.7. The summed E-state index contributed by atoms with van der Waals surface area (Å²) in [6.07, 6.45) is 3.65. The van der Waals surface area contributed by atoms with Gasteiger partial charge in [-0.25, -0.2) is 9.97 Å². The van der Waals surface area contributed by atoms with Crippen molar-refractivity contribution in [3.63, 3.8) is 0 Å². The average Bonchev–Trinajstić information content (AvgIpc) is 3.15. The Morgan fingerprint density at radius 1 is 0.326 bits per heavy atom. The van der Waals surface area contributed by atoms with Gasteiger partial charge in [-0.3, -0.25) is 4.98 Å². The summed E-state index contributed by atoms with van der Waals surface area (Å²) in [7, 11) is 0. The van der Waals surface area contributed by atoms with Gasteiger partial charge in [0.25, 0.3) is 0 Å². The topological polar surface area (TPSA) is 38.7 Å². The fourth-order valence-corrected chi connectivity index (χ4v) is 6.80. The Bertz CT molecular complexity index is 2560. The van der Waals surface area contributed by atoms with E-state index in [1.807, 2.05) is 30.6 Å². The van der Waals surface area contributed by atoms with Gasteiger partial charge in [0.2, 0.25) is 0 Å². The summed E-state index contributed by atoms with van der Waals surface area (Å²) in [6.45, 7) is 0. The molecule has 0 bridgehead atoms. The maximum absolute atomic E-state index is 5.28. The number of rotatable bonds is 4. The van der Waals surface area contributed by atoms with E-state index in [0.717, 1.165) is 44.6 Å². The lowest BCUT2D eigenvalue weighted by Crippen LogP contribution is -1.97. The molecule has 0 atom stereocenters. The van der Waals surface area contributed by atoms with Gasteiger partial charge in [0.15, 0.2) is 5.82 Å². The molecule has 9 aromatic rings. The standard InChI is InChI=1S/C43H27N3/c1-2-10-30(11-3-1)40-27-41(31-20-18-28(19-21-31)29-22-24-44-25-23-29)46-43(45-40)39-26-38-34-14-5-4-12-32(34)33-13-6-8-16-36(33)42(38)37-17-9-7-15-35(37)39/h1-27H. The lowest BCUT2D eigenvalue weighted by atomic mass is 9.89. The third-order valence-electron chi connectivity index (χ3n) is 8.98. The number of nitrogens with zero attached hydrogens (tertiary/aromatic N) is 3. The van der Waals surface area contributed by atoms with E-state index in [4.69, 9.17) is 9.97 Å². The highest BCUT2D eigenvalue weighted by Gasteiger charge is 2.18. The van der Waals surface area contributed by atoms with Crippen LogP contribution < -0.4 is 0 Å². The van der Waals surface area contributed by atoms with Crippen LogP contribution in [0, 0.1) is 0 Å². The Labute approximate surface area is 266 Å². The van der Waals surface area contributed by atoms with Gasteiger partial charge in [0.1, 0.15) is 0 Å². The van der Waals surface area contributed by atoms with Gasteiger partial charge < -0.3 is 0 Å². The van der Waals surface area contributed by atoms with Crippen LogP contribution in [0.2, 0.25) is 0 Å². The van der Waals surface area contributed by atoms with E-state index in [9.17, 15) is 0 Å². The normalized spacial score (nSPS) is 11.5. The first-order valence-corrected chi connectivity index (χ1v) is 15.5. The SMILES string of the molecule is c1ccc(-c2cc(-c3ccc(-c4ccncc4)cc3)nc(-c3cc4c5ccccc5c5ccccc5c4c4ccccc34)n2)cc1.